The third-order valence-corrected chi connectivity index (χ3v) is 2.11. The van der Waals surface area contributed by atoms with Crippen molar-refractivity contribution in [2.24, 2.45) is 0 Å². The van der Waals surface area contributed by atoms with Gasteiger partial charge in [-0.05, 0) is 36.3 Å². The van der Waals surface area contributed by atoms with Crippen LogP contribution in [0, 0.1) is 6.92 Å². The van der Waals surface area contributed by atoms with Gasteiger partial charge in [-0.3, -0.25) is 0 Å². The first-order valence-electron chi connectivity index (χ1n) is 3.69. The lowest BCUT2D eigenvalue weighted by atomic mass is 10.1. The van der Waals surface area contributed by atoms with E-state index in [1.165, 1.54) is 11.1 Å². The van der Waals surface area contributed by atoms with Crippen molar-refractivity contribution in [2.45, 2.75) is 6.92 Å². The van der Waals surface area contributed by atoms with Gasteiger partial charge in [0.2, 0.25) is 0 Å². The molecule has 0 saturated heterocycles. The number of halogens is 1. The van der Waals surface area contributed by atoms with E-state index in [0.29, 0.717) is 0 Å². The Morgan fingerprint density at radius 3 is 2.75 bits per heavy atom. The third-order valence-electron chi connectivity index (χ3n) is 1.62. The Kier molecular flexibility index (Phi) is 3.35. The van der Waals surface area contributed by atoms with Gasteiger partial charge in [-0.1, -0.05) is 22.0 Å². The standard InChI is InChI=1S/C10H11BrO/c1-8-7-10(11)4-3-9(8)5-6-12-2/h3-7H,1-2H3. The Bertz CT molecular complexity index is 292. The summed E-state index contributed by atoms with van der Waals surface area (Å²) in [5, 5.41) is 0. The van der Waals surface area contributed by atoms with Crippen molar-refractivity contribution in [3.63, 3.8) is 0 Å². The predicted molar refractivity (Wildman–Crippen MR) is 54.9 cm³/mol. The number of hydrogen-bond donors (Lipinski definition) is 0. The fraction of sp³-hybridized carbons (Fsp3) is 0.200. The Labute approximate surface area is 81.2 Å². The zero-order valence-corrected chi connectivity index (χ0v) is 8.76. The number of rotatable bonds is 2. The number of aryl methyl sites for hydroxylation is 1. The van der Waals surface area contributed by atoms with Crippen LogP contribution in [0.1, 0.15) is 11.1 Å². The largest absolute Gasteiger partial charge is 0.504 e. The van der Waals surface area contributed by atoms with Crippen molar-refractivity contribution < 1.29 is 4.74 Å². The first-order valence-corrected chi connectivity index (χ1v) is 4.49. The second kappa shape index (κ2) is 4.31. The SMILES string of the molecule is COC=Cc1ccc(Br)cc1C. The van der Waals surface area contributed by atoms with E-state index in [-0.39, 0.29) is 0 Å². The van der Waals surface area contributed by atoms with Crippen LogP contribution in [0.3, 0.4) is 0 Å². The molecule has 0 radical (unpaired) electrons. The highest BCUT2D eigenvalue weighted by molar-refractivity contribution is 9.10. The Balaban J connectivity index is 2.94. The zero-order chi connectivity index (χ0) is 8.97. The molecule has 0 aliphatic heterocycles. The summed E-state index contributed by atoms with van der Waals surface area (Å²) in [4.78, 5) is 0. The lowest BCUT2D eigenvalue weighted by Crippen LogP contribution is -1.79. The molecular weight excluding hydrogens is 216 g/mol. The van der Waals surface area contributed by atoms with E-state index in [4.69, 9.17) is 4.74 Å². The molecule has 0 heterocycles. The van der Waals surface area contributed by atoms with Crippen molar-refractivity contribution in [1.82, 2.24) is 0 Å². The molecule has 1 nitrogen and oxygen atoms in total. The predicted octanol–water partition coefficient (Wildman–Crippen LogP) is 3.37. The van der Waals surface area contributed by atoms with E-state index in [1.807, 2.05) is 12.1 Å². The van der Waals surface area contributed by atoms with Crippen LogP contribution in [0.5, 0.6) is 0 Å². The lowest BCUT2D eigenvalue weighted by molar-refractivity contribution is 0.341. The number of benzene rings is 1. The number of methoxy groups -OCH3 is 1. The summed E-state index contributed by atoms with van der Waals surface area (Å²) in [5.74, 6) is 0. The molecule has 0 unspecified atom stereocenters. The summed E-state index contributed by atoms with van der Waals surface area (Å²) in [7, 11) is 1.64. The Morgan fingerprint density at radius 1 is 1.42 bits per heavy atom. The zero-order valence-electron chi connectivity index (χ0n) is 7.17. The molecule has 0 aliphatic carbocycles. The summed E-state index contributed by atoms with van der Waals surface area (Å²) in [6.07, 6.45) is 3.62. The van der Waals surface area contributed by atoms with Gasteiger partial charge in [0.1, 0.15) is 0 Å². The van der Waals surface area contributed by atoms with E-state index >= 15 is 0 Å². The number of hydrogen-bond acceptors (Lipinski definition) is 1. The molecule has 0 saturated carbocycles. The van der Waals surface area contributed by atoms with Gasteiger partial charge in [0.05, 0.1) is 13.4 Å². The van der Waals surface area contributed by atoms with Crippen LogP contribution in [-0.4, -0.2) is 7.11 Å². The van der Waals surface area contributed by atoms with E-state index in [2.05, 4.69) is 35.0 Å². The van der Waals surface area contributed by atoms with Gasteiger partial charge in [0.15, 0.2) is 0 Å². The van der Waals surface area contributed by atoms with Crippen molar-refractivity contribution in [3.8, 4) is 0 Å². The maximum Gasteiger partial charge on any atom is 0.0830 e. The van der Waals surface area contributed by atoms with Crippen LogP contribution >= 0.6 is 15.9 Å². The molecule has 0 fully saturated rings. The smallest absolute Gasteiger partial charge is 0.0830 e. The second-order valence-electron chi connectivity index (χ2n) is 2.54. The molecule has 12 heavy (non-hydrogen) atoms. The quantitative estimate of drug-likeness (QED) is 0.703. The number of ether oxygens (including phenoxy) is 1. The van der Waals surface area contributed by atoms with Crippen molar-refractivity contribution in [1.29, 1.82) is 0 Å². The van der Waals surface area contributed by atoms with E-state index in [0.717, 1.165) is 4.47 Å². The molecule has 64 valence electrons. The third kappa shape index (κ3) is 2.38. The second-order valence-corrected chi connectivity index (χ2v) is 3.46. The van der Waals surface area contributed by atoms with Crippen LogP contribution in [0.15, 0.2) is 28.9 Å². The normalized spacial score (nSPS) is 10.6. The summed E-state index contributed by atoms with van der Waals surface area (Å²) in [5.41, 5.74) is 2.41. The maximum absolute atomic E-state index is 4.84. The first-order chi connectivity index (χ1) is 5.74. The van der Waals surface area contributed by atoms with Crippen LogP contribution in [0.2, 0.25) is 0 Å². The highest BCUT2D eigenvalue weighted by Crippen LogP contribution is 2.16. The fourth-order valence-electron chi connectivity index (χ4n) is 0.967. The van der Waals surface area contributed by atoms with Gasteiger partial charge < -0.3 is 4.74 Å². The average Bonchev–Trinajstić information content (AvgIpc) is 2.03. The fourth-order valence-corrected chi connectivity index (χ4v) is 1.44. The molecule has 0 N–H and O–H groups in total. The molecular formula is C10H11BrO. The molecule has 0 atom stereocenters. The minimum atomic E-state index is 1.11. The highest BCUT2D eigenvalue weighted by Gasteiger charge is 1.93. The highest BCUT2D eigenvalue weighted by atomic mass is 79.9. The van der Waals surface area contributed by atoms with E-state index in [9.17, 15) is 0 Å². The lowest BCUT2D eigenvalue weighted by Gasteiger charge is -1.99. The van der Waals surface area contributed by atoms with Crippen LogP contribution in [0.25, 0.3) is 6.08 Å². The molecule has 0 bridgehead atoms. The average molecular weight is 227 g/mol. The summed E-state index contributed by atoms with van der Waals surface area (Å²) < 4.78 is 5.94. The van der Waals surface area contributed by atoms with Gasteiger partial charge in [0.25, 0.3) is 0 Å². The molecule has 1 aromatic carbocycles. The van der Waals surface area contributed by atoms with Gasteiger partial charge in [-0.2, -0.15) is 0 Å². The summed E-state index contributed by atoms with van der Waals surface area (Å²) in [6.45, 7) is 2.07. The van der Waals surface area contributed by atoms with Crippen LogP contribution in [-0.2, 0) is 4.74 Å². The van der Waals surface area contributed by atoms with Gasteiger partial charge in [-0.25, -0.2) is 0 Å². The molecule has 0 amide bonds. The van der Waals surface area contributed by atoms with Gasteiger partial charge in [-0.15, -0.1) is 0 Å². The van der Waals surface area contributed by atoms with Crippen molar-refractivity contribution in [3.05, 3.63) is 40.1 Å². The minimum absolute atomic E-state index is 1.11. The topological polar surface area (TPSA) is 9.23 Å². The Morgan fingerprint density at radius 2 is 2.17 bits per heavy atom. The molecule has 0 aromatic heterocycles. The molecule has 1 rings (SSSR count). The molecule has 0 aliphatic rings. The van der Waals surface area contributed by atoms with Crippen molar-refractivity contribution >= 4 is 22.0 Å². The minimum Gasteiger partial charge on any atom is -0.504 e. The van der Waals surface area contributed by atoms with Crippen LogP contribution < -0.4 is 0 Å². The van der Waals surface area contributed by atoms with E-state index in [1.54, 1.807) is 13.4 Å². The molecule has 1 aromatic rings. The molecule has 0 spiro atoms. The van der Waals surface area contributed by atoms with Gasteiger partial charge in [0, 0.05) is 4.47 Å². The molecule has 2 heteroatoms. The summed E-state index contributed by atoms with van der Waals surface area (Å²) >= 11 is 3.41. The van der Waals surface area contributed by atoms with Gasteiger partial charge >= 0.3 is 0 Å². The summed E-state index contributed by atoms with van der Waals surface area (Å²) in [6, 6.07) is 6.15. The van der Waals surface area contributed by atoms with Crippen LogP contribution in [0.4, 0.5) is 0 Å². The van der Waals surface area contributed by atoms with E-state index < -0.39 is 0 Å². The monoisotopic (exact) mass is 226 g/mol. The Hall–Kier alpha value is -0.760. The van der Waals surface area contributed by atoms with Crippen molar-refractivity contribution in [2.75, 3.05) is 7.11 Å². The maximum atomic E-state index is 4.84. The first kappa shape index (κ1) is 9.33.